The Morgan fingerprint density at radius 2 is 1.93 bits per heavy atom. The lowest BCUT2D eigenvalue weighted by Gasteiger charge is -2.09. The third-order valence-electron chi connectivity index (χ3n) is 1.93. The highest BCUT2D eigenvalue weighted by Gasteiger charge is 2.18. The van der Waals surface area contributed by atoms with Crippen LogP contribution in [0, 0.1) is 0 Å². The first-order valence-electron chi connectivity index (χ1n) is 4.46. The largest absolute Gasteiger partial charge is 0.497 e. The van der Waals surface area contributed by atoms with E-state index in [-0.39, 0.29) is 0 Å². The lowest BCUT2D eigenvalue weighted by molar-refractivity contribution is -0.124. The third-order valence-corrected chi connectivity index (χ3v) is 1.93. The van der Waals surface area contributed by atoms with Gasteiger partial charge in [-0.3, -0.25) is 9.59 Å². The molecule has 1 rings (SSSR count). The number of nitrogens with zero attached hydrogens (tertiary/aromatic N) is 1. The number of rotatable bonds is 3. The van der Waals surface area contributed by atoms with Crippen LogP contribution in [0.3, 0.4) is 0 Å². The van der Waals surface area contributed by atoms with E-state index in [4.69, 9.17) is 4.74 Å². The van der Waals surface area contributed by atoms with Gasteiger partial charge < -0.3 is 9.64 Å². The number of hydrogen-bond donors (Lipinski definition) is 0. The lowest BCUT2D eigenvalue weighted by Crippen LogP contribution is -2.29. The summed E-state index contributed by atoms with van der Waals surface area (Å²) in [5.74, 6) is -0.505. The quantitative estimate of drug-likeness (QED) is 0.548. The Hall–Kier alpha value is -1.84. The summed E-state index contributed by atoms with van der Waals surface area (Å²) >= 11 is 0. The molecule has 80 valence electrons. The van der Waals surface area contributed by atoms with Crippen molar-refractivity contribution in [3.63, 3.8) is 0 Å². The molecule has 0 radical (unpaired) electrons. The molecule has 0 saturated heterocycles. The number of benzene rings is 1. The molecule has 4 nitrogen and oxygen atoms in total. The molecule has 0 fully saturated rings. The van der Waals surface area contributed by atoms with Gasteiger partial charge in [-0.25, -0.2) is 0 Å². The van der Waals surface area contributed by atoms with E-state index in [1.54, 1.807) is 38.4 Å². The molecule has 0 aromatic heterocycles. The fraction of sp³-hybridized carbons (Fsp3) is 0.273. The Kier molecular flexibility index (Phi) is 3.44. The van der Waals surface area contributed by atoms with E-state index in [0.29, 0.717) is 11.3 Å². The van der Waals surface area contributed by atoms with Gasteiger partial charge >= 0.3 is 0 Å². The lowest BCUT2D eigenvalue weighted by atomic mass is 10.1. The molecule has 0 spiro atoms. The van der Waals surface area contributed by atoms with Crippen LogP contribution in [0.25, 0.3) is 0 Å². The van der Waals surface area contributed by atoms with Crippen molar-refractivity contribution in [3.8, 4) is 5.75 Å². The number of hydrogen-bond acceptors (Lipinski definition) is 3. The zero-order valence-electron chi connectivity index (χ0n) is 8.98. The molecule has 0 aliphatic heterocycles. The predicted octanol–water partition coefficient (Wildman–Crippen LogP) is 0.966. The number of carbonyl (C=O) groups excluding carboxylic acids is 2. The summed E-state index contributed by atoms with van der Waals surface area (Å²) in [6.07, 6.45) is 0. The van der Waals surface area contributed by atoms with Crippen LogP contribution in [0.5, 0.6) is 5.75 Å². The van der Waals surface area contributed by atoms with E-state index >= 15 is 0 Å². The Morgan fingerprint density at radius 3 is 2.47 bits per heavy atom. The number of amides is 1. The van der Waals surface area contributed by atoms with Gasteiger partial charge in [-0.05, 0) is 12.1 Å². The molecule has 0 heterocycles. The monoisotopic (exact) mass is 207 g/mol. The molecule has 1 aromatic rings. The van der Waals surface area contributed by atoms with Crippen molar-refractivity contribution >= 4 is 11.7 Å². The molecule has 15 heavy (non-hydrogen) atoms. The minimum Gasteiger partial charge on any atom is -0.497 e. The Morgan fingerprint density at radius 1 is 1.27 bits per heavy atom. The number of methoxy groups -OCH3 is 1. The summed E-state index contributed by atoms with van der Waals surface area (Å²) in [7, 11) is 4.60. The molecule has 0 aliphatic rings. The summed E-state index contributed by atoms with van der Waals surface area (Å²) in [4.78, 5) is 24.2. The highest BCUT2D eigenvalue weighted by molar-refractivity contribution is 6.42. The van der Waals surface area contributed by atoms with Gasteiger partial charge in [-0.2, -0.15) is 0 Å². The van der Waals surface area contributed by atoms with Gasteiger partial charge in [0.1, 0.15) is 5.75 Å². The van der Waals surface area contributed by atoms with Crippen LogP contribution < -0.4 is 4.74 Å². The second kappa shape index (κ2) is 4.59. The molecule has 0 N–H and O–H groups in total. The molecule has 0 bridgehead atoms. The van der Waals surface area contributed by atoms with Gasteiger partial charge in [0.2, 0.25) is 5.78 Å². The molecule has 0 atom stereocenters. The van der Waals surface area contributed by atoms with Crippen molar-refractivity contribution in [2.24, 2.45) is 0 Å². The van der Waals surface area contributed by atoms with Crippen LogP contribution in [0.15, 0.2) is 24.3 Å². The van der Waals surface area contributed by atoms with Crippen LogP contribution in [-0.2, 0) is 4.79 Å². The first-order chi connectivity index (χ1) is 7.06. The number of likely N-dealkylation sites (N-methyl/N-ethyl adjacent to an activating group) is 1. The van der Waals surface area contributed by atoms with E-state index in [0.717, 1.165) is 0 Å². The number of Topliss-reactive ketones (excluding diaryl/α,β-unsaturated/α-hetero) is 1. The highest BCUT2D eigenvalue weighted by atomic mass is 16.5. The highest BCUT2D eigenvalue weighted by Crippen LogP contribution is 2.13. The molecule has 0 aliphatic carbocycles. The van der Waals surface area contributed by atoms with Crippen LogP contribution >= 0.6 is 0 Å². The maximum atomic E-state index is 11.6. The smallest absolute Gasteiger partial charge is 0.294 e. The SMILES string of the molecule is COc1cccc(C(=O)C(=O)N(C)C)c1. The summed E-state index contributed by atoms with van der Waals surface area (Å²) in [6.45, 7) is 0. The third kappa shape index (κ3) is 2.56. The van der Waals surface area contributed by atoms with Gasteiger partial charge in [0.15, 0.2) is 0 Å². The minimum atomic E-state index is -0.539. The number of carbonyl (C=O) groups is 2. The second-order valence-electron chi connectivity index (χ2n) is 3.26. The standard InChI is InChI=1S/C11H13NO3/c1-12(2)11(14)10(13)8-5-4-6-9(7-8)15-3/h4-7H,1-3H3. The maximum absolute atomic E-state index is 11.6. The molecule has 1 amide bonds. The number of ether oxygens (including phenoxy) is 1. The first kappa shape index (κ1) is 11.2. The topological polar surface area (TPSA) is 46.6 Å². The van der Waals surface area contributed by atoms with Gasteiger partial charge in [0.05, 0.1) is 7.11 Å². The van der Waals surface area contributed by atoms with E-state index < -0.39 is 11.7 Å². The summed E-state index contributed by atoms with van der Waals surface area (Å²) in [6, 6.07) is 6.53. The average Bonchev–Trinajstić information content (AvgIpc) is 2.27. The van der Waals surface area contributed by atoms with E-state index in [2.05, 4.69) is 0 Å². The first-order valence-corrected chi connectivity index (χ1v) is 4.46. The Bertz CT molecular complexity index is 385. The van der Waals surface area contributed by atoms with Crippen molar-refractivity contribution in [3.05, 3.63) is 29.8 Å². The van der Waals surface area contributed by atoms with Crippen molar-refractivity contribution in [1.29, 1.82) is 0 Å². The van der Waals surface area contributed by atoms with Crippen molar-refractivity contribution < 1.29 is 14.3 Å². The number of ketones is 1. The van der Waals surface area contributed by atoms with Crippen LogP contribution in [0.2, 0.25) is 0 Å². The van der Waals surface area contributed by atoms with Crippen LogP contribution in [-0.4, -0.2) is 37.8 Å². The van der Waals surface area contributed by atoms with E-state index in [1.807, 2.05) is 0 Å². The summed E-state index contributed by atoms with van der Waals surface area (Å²) in [5.41, 5.74) is 0.341. The van der Waals surface area contributed by atoms with E-state index in [1.165, 1.54) is 12.0 Å². The van der Waals surface area contributed by atoms with Gasteiger partial charge in [0.25, 0.3) is 5.91 Å². The normalized spacial score (nSPS) is 9.53. The molecule has 0 unspecified atom stereocenters. The fourth-order valence-corrected chi connectivity index (χ4v) is 1.09. The molecule has 0 saturated carbocycles. The minimum absolute atomic E-state index is 0.341. The fourth-order valence-electron chi connectivity index (χ4n) is 1.09. The van der Waals surface area contributed by atoms with Crippen LogP contribution in [0.1, 0.15) is 10.4 Å². The zero-order chi connectivity index (χ0) is 11.4. The van der Waals surface area contributed by atoms with Crippen molar-refractivity contribution in [1.82, 2.24) is 4.90 Å². The van der Waals surface area contributed by atoms with Gasteiger partial charge in [-0.1, -0.05) is 12.1 Å². The molecule has 1 aromatic carbocycles. The zero-order valence-corrected chi connectivity index (χ0v) is 8.98. The summed E-state index contributed by atoms with van der Waals surface area (Å²) in [5, 5.41) is 0. The second-order valence-corrected chi connectivity index (χ2v) is 3.26. The van der Waals surface area contributed by atoms with Crippen LogP contribution in [0.4, 0.5) is 0 Å². The maximum Gasteiger partial charge on any atom is 0.294 e. The van der Waals surface area contributed by atoms with Crippen molar-refractivity contribution in [2.75, 3.05) is 21.2 Å². The summed E-state index contributed by atoms with van der Waals surface area (Å²) < 4.78 is 4.97. The predicted molar refractivity (Wildman–Crippen MR) is 56.0 cm³/mol. The molecule has 4 heteroatoms. The Balaban J connectivity index is 2.96. The molecular formula is C11H13NO3. The Labute approximate surface area is 88.5 Å². The molecular weight excluding hydrogens is 194 g/mol. The van der Waals surface area contributed by atoms with Gasteiger partial charge in [0, 0.05) is 19.7 Å². The van der Waals surface area contributed by atoms with E-state index in [9.17, 15) is 9.59 Å². The average molecular weight is 207 g/mol. The van der Waals surface area contributed by atoms with Gasteiger partial charge in [-0.15, -0.1) is 0 Å². The van der Waals surface area contributed by atoms with Crippen molar-refractivity contribution in [2.45, 2.75) is 0 Å².